The van der Waals surface area contributed by atoms with Gasteiger partial charge >= 0.3 is 17.6 Å². The van der Waals surface area contributed by atoms with Gasteiger partial charge in [0.1, 0.15) is 49.1 Å². The number of ether oxygens (including phenoxy) is 2. The Balaban J connectivity index is 0.000000158. The number of thiocarbonyl (C=S) groups is 1. The fraction of sp³-hybridized carbons (Fsp3) is 0.0364. The number of non-ortho nitro benzene ring substituents is 2. The number of rotatable bonds is 22. The Bertz CT molecular complexity index is 7030. The topological polar surface area (TPSA) is 382 Å². The molecule has 9 N–H and O–H groups in total. The number of amides is 3. The number of nitro benzene ring substituents is 2. The molecular formula is C110H90BrClN14O11S5. The summed E-state index contributed by atoms with van der Waals surface area (Å²) < 4.78 is 9.77. The van der Waals surface area contributed by atoms with Crippen molar-refractivity contribution in [2.24, 2.45) is 11.5 Å². The molecule has 710 valence electrons. The molecule has 1 atom stereocenters. The number of nitrogens with one attached hydrogen (secondary N) is 3. The number of benzene rings is 13. The van der Waals surface area contributed by atoms with E-state index < -0.39 is 21.4 Å². The summed E-state index contributed by atoms with van der Waals surface area (Å²) in [5.74, 6) is 0.963. The average molecular weight is 2060 g/mol. The van der Waals surface area contributed by atoms with Crippen LogP contribution in [0.4, 0.5) is 42.8 Å². The lowest BCUT2D eigenvalue weighted by Crippen LogP contribution is -2.28. The number of aldehydes is 2. The van der Waals surface area contributed by atoms with Crippen LogP contribution in [0.15, 0.2) is 438 Å². The number of hydrogen-bond acceptors (Lipinski definition) is 24. The number of aromatic nitrogens is 6. The number of nitrogens with zero attached hydrogens (tertiary/aromatic N) is 8. The number of carbonyl (C=O) groups excluding carboxylic acids is 5. The summed E-state index contributed by atoms with van der Waals surface area (Å²) in [6, 6.07) is 120. The smallest absolute Gasteiger partial charge is 0.415 e. The highest BCUT2D eigenvalue weighted by Gasteiger charge is 2.15. The monoisotopic (exact) mass is 2060 g/mol. The lowest BCUT2D eigenvalue weighted by atomic mass is 10.2. The number of halogens is 2. The van der Waals surface area contributed by atoms with E-state index >= 15 is 0 Å². The third-order valence-electron chi connectivity index (χ3n) is 19.4. The SMILES string of the molecule is NC(=S)c1ccc([N+](=O)[O-])cc1.NCc1ccncc1.Nc1ccc(-c2ncc(-c3ccccc3)s2)cc1.O=C(Cl)Oc1ccccc1.O=C(NCc1ccncc1)Nc1ccc(-c2ncc(-c3ccccc3)s2)cc1.O=C(Nc1ccc(-c2ncc(-c3ccccc3)s2)cc1)Oc1ccccc1.O=CC(Br)c1ccccc1.O=CCc1ccccc1.O=[N+]([O-])c1ccc(-c2ncc(-c3ccccc3)s2)cc1. The van der Waals surface area contributed by atoms with Crippen LogP contribution in [-0.2, 0) is 29.1 Å². The van der Waals surface area contributed by atoms with Crippen molar-refractivity contribution in [3.05, 3.63) is 486 Å². The molecule has 0 saturated carbocycles. The maximum absolute atomic E-state index is 12.1. The first kappa shape index (κ1) is 106. The Hall–Kier alpha value is -16.8. The molecule has 19 rings (SSSR count). The van der Waals surface area contributed by atoms with Crippen LogP contribution in [0.5, 0.6) is 11.5 Å². The number of nitrogens with two attached hydrogens (primary N) is 3. The average Bonchev–Trinajstić information content (AvgIpc) is 1.69. The van der Waals surface area contributed by atoms with Crippen LogP contribution in [0.25, 0.3) is 84.0 Å². The third-order valence-corrected chi connectivity index (χ3v) is 24.8. The van der Waals surface area contributed by atoms with Gasteiger partial charge in [0, 0.05) is 150 Å². The van der Waals surface area contributed by atoms with Gasteiger partial charge in [-0.3, -0.25) is 35.5 Å². The van der Waals surface area contributed by atoms with Crippen LogP contribution >= 0.6 is 85.1 Å². The van der Waals surface area contributed by atoms with Crippen LogP contribution in [0, 0.1) is 20.2 Å². The van der Waals surface area contributed by atoms with E-state index in [1.165, 1.54) is 46.8 Å². The van der Waals surface area contributed by atoms with Crippen LogP contribution in [0.2, 0.25) is 0 Å². The molecule has 0 saturated heterocycles. The lowest BCUT2D eigenvalue weighted by Gasteiger charge is -2.08. The maximum atomic E-state index is 12.1. The van der Waals surface area contributed by atoms with Gasteiger partial charge in [0.25, 0.3) is 11.4 Å². The Labute approximate surface area is 854 Å². The van der Waals surface area contributed by atoms with E-state index in [9.17, 15) is 44.2 Å². The highest BCUT2D eigenvalue weighted by atomic mass is 79.9. The molecule has 3 amide bonds. The standard InChI is InChI=1S/C22H18N4OS.C22H16N2O2S.C15H10N2O2S.C15H12N2S.C8H7BrO.C8H8O.C7H5ClO2.C7H6N2O2S.C6H8N2/c27-22(25-14-16-10-12-23-13-11-16)26-19-8-6-18(7-9-19)21-24-15-20(28-21)17-4-2-1-3-5-17;25-22(26-19-9-5-2-6-10-19)24-18-13-11-17(12-14-18)21-23-15-20(27-21)16-7-3-1-4-8-16;18-17(19)13-8-6-12(7-9-13)15-16-10-14(20-15)11-4-2-1-3-5-11;16-13-8-6-12(7-9-13)15-17-10-14(18-15)11-4-2-1-3-5-11;9-8(6-10)7-4-2-1-3-5-7;9-7-6-8-4-2-1-3-5-8;8-7(9)10-6-4-2-1-3-5-6;8-7(12)5-1-3-6(4-2-5)9(10)11;7-5-6-1-3-8-4-2-6/h1-13,15H,14H2,(H2,25,26,27);1-15H,(H,24,25);1-10H;1-10H,16H2;1-6,8H;1-5,7H,6H2;1-5H;1-4H,(H2,8,12);1-4H,5,7H2. The molecule has 6 aromatic heterocycles. The summed E-state index contributed by atoms with van der Waals surface area (Å²) in [7, 11) is 0. The number of pyridine rings is 2. The van der Waals surface area contributed by atoms with Gasteiger partial charge in [0.2, 0.25) is 0 Å². The zero-order chi connectivity index (χ0) is 100. The van der Waals surface area contributed by atoms with Gasteiger partial charge in [-0.25, -0.2) is 34.3 Å². The van der Waals surface area contributed by atoms with Crippen molar-refractivity contribution in [3.8, 4) is 95.5 Å². The normalized spacial score (nSPS) is 10.2. The predicted molar refractivity (Wildman–Crippen MR) is 579 cm³/mol. The minimum absolute atomic E-state index is 0.0370. The maximum Gasteiger partial charge on any atom is 0.417 e. The van der Waals surface area contributed by atoms with E-state index in [0.29, 0.717) is 42.3 Å². The van der Waals surface area contributed by atoms with Gasteiger partial charge in [0.05, 0.1) is 34.2 Å². The molecule has 1 unspecified atom stereocenters. The number of nitrogen functional groups attached to an aromatic ring is 1. The summed E-state index contributed by atoms with van der Waals surface area (Å²) >= 11 is 19.4. The number of nitro groups is 2. The quantitative estimate of drug-likeness (QED) is 0.00698. The number of alkyl halides is 1. The van der Waals surface area contributed by atoms with E-state index in [2.05, 4.69) is 115 Å². The Morgan fingerprint density at radius 3 is 1.07 bits per heavy atom. The molecule has 32 heteroatoms. The predicted octanol–water partition coefficient (Wildman–Crippen LogP) is 27.7. The molecule has 19 aromatic rings. The highest BCUT2D eigenvalue weighted by molar-refractivity contribution is 9.09. The zero-order valence-electron chi connectivity index (χ0n) is 75.5. The van der Waals surface area contributed by atoms with E-state index in [0.717, 1.165) is 120 Å². The minimum atomic E-state index is -0.814. The molecule has 0 aliphatic carbocycles. The Morgan fingerprint density at radius 1 is 0.408 bits per heavy atom. The first-order valence-electron chi connectivity index (χ1n) is 43.2. The zero-order valence-corrected chi connectivity index (χ0v) is 81.9. The van der Waals surface area contributed by atoms with Crippen molar-refractivity contribution < 1.29 is 43.3 Å². The number of urea groups is 1. The minimum Gasteiger partial charge on any atom is -0.415 e. The molecule has 6 heterocycles. The van der Waals surface area contributed by atoms with Gasteiger partial charge in [-0.05, 0) is 190 Å². The van der Waals surface area contributed by atoms with E-state index in [1.807, 2.05) is 292 Å². The first-order valence-corrected chi connectivity index (χ1v) is 48.2. The molecule has 0 fully saturated rings. The number of carbonyl (C=O) groups is 5. The van der Waals surface area contributed by atoms with Crippen molar-refractivity contribution in [1.82, 2.24) is 35.2 Å². The molecule has 0 spiro atoms. The number of hydrogen-bond donors (Lipinski definition) is 6. The lowest BCUT2D eigenvalue weighted by molar-refractivity contribution is -0.385. The van der Waals surface area contributed by atoms with Crippen molar-refractivity contribution >= 4 is 149 Å². The summed E-state index contributed by atoms with van der Waals surface area (Å²) in [4.78, 5) is 105. The van der Waals surface area contributed by atoms with Crippen molar-refractivity contribution in [2.75, 3.05) is 16.4 Å². The van der Waals surface area contributed by atoms with Gasteiger partial charge in [-0.15, -0.1) is 45.3 Å². The molecule has 142 heavy (non-hydrogen) atoms. The molecular weight excluding hydrogens is 1970 g/mol. The van der Waals surface area contributed by atoms with Gasteiger partial charge in [-0.2, -0.15) is 0 Å². The second kappa shape index (κ2) is 58.1. The van der Waals surface area contributed by atoms with Crippen LogP contribution in [0.3, 0.4) is 0 Å². The fourth-order valence-corrected chi connectivity index (χ4v) is 16.4. The second-order valence-electron chi connectivity index (χ2n) is 29.3. The van der Waals surface area contributed by atoms with Crippen LogP contribution in [-0.4, -0.2) is 74.9 Å². The summed E-state index contributed by atoms with van der Waals surface area (Å²) in [6.07, 6.45) is 16.2. The molecule has 0 aliphatic rings. The highest BCUT2D eigenvalue weighted by Crippen LogP contribution is 2.37. The fourth-order valence-electron chi connectivity index (χ4n) is 12.2. The van der Waals surface area contributed by atoms with Crippen molar-refractivity contribution in [2.45, 2.75) is 24.3 Å². The van der Waals surface area contributed by atoms with E-state index in [1.54, 1.807) is 119 Å². The number of anilines is 3. The van der Waals surface area contributed by atoms with E-state index in [-0.39, 0.29) is 27.2 Å². The number of thiazole rings is 4. The first-order chi connectivity index (χ1) is 69.2. The van der Waals surface area contributed by atoms with Crippen molar-refractivity contribution in [1.29, 1.82) is 0 Å². The third kappa shape index (κ3) is 36.3. The molecule has 13 aromatic carbocycles. The number of para-hydroxylation sites is 2. The van der Waals surface area contributed by atoms with Crippen LogP contribution in [0.1, 0.15) is 32.6 Å². The Kier molecular flexibility index (Phi) is 43.2. The summed E-state index contributed by atoms with van der Waals surface area (Å²) in [6.45, 7) is 1.05. The van der Waals surface area contributed by atoms with Gasteiger partial charge < -0.3 is 46.9 Å². The van der Waals surface area contributed by atoms with Gasteiger partial charge in [0.15, 0.2) is 0 Å². The van der Waals surface area contributed by atoms with Crippen molar-refractivity contribution in [3.63, 3.8) is 0 Å². The Morgan fingerprint density at radius 2 is 0.732 bits per heavy atom. The summed E-state index contributed by atoms with van der Waals surface area (Å²) in [5, 5.41) is 33.0. The largest absolute Gasteiger partial charge is 0.417 e. The molecule has 0 radical (unpaired) electrons. The molecule has 0 bridgehead atoms. The van der Waals surface area contributed by atoms with E-state index in [4.69, 9.17) is 33.5 Å². The van der Waals surface area contributed by atoms with Crippen LogP contribution < -0.4 is 42.6 Å². The summed E-state index contributed by atoms with van der Waals surface area (Å²) in [5.41, 5.74) is 31.3. The van der Waals surface area contributed by atoms with Gasteiger partial charge in [-0.1, -0.05) is 247 Å². The molecule has 0 aliphatic heterocycles. The molecule has 25 nitrogen and oxygen atoms in total. The second-order valence-corrected chi connectivity index (χ2v) is 35.2.